The number of hydrogen-bond donors (Lipinski definition) is 0. The Kier molecular flexibility index (Phi) is 7.96. The summed E-state index contributed by atoms with van der Waals surface area (Å²) in [7, 11) is 3.65. The Morgan fingerprint density at radius 3 is 1.38 bits per heavy atom. The first-order chi connectivity index (χ1) is 27.5. The van der Waals surface area contributed by atoms with Crippen molar-refractivity contribution in [2.75, 3.05) is 0 Å². The molecule has 56 heavy (non-hydrogen) atoms. The zero-order valence-electron chi connectivity index (χ0n) is 30.9. The van der Waals surface area contributed by atoms with Gasteiger partial charge in [0.2, 0.25) is 0 Å². The van der Waals surface area contributed by atoms with E-state index in [0.29, 0.717) is 17.5 Å². The molecule has 8 aromatic carbocycles. The monoisotopic (exact) mass is 721 g/mol. The number of nitrogens with zero attached hydrogens (tertiary/aromatic N) is 5. The Labute approximate surface area is 323 Å². The maximum Gasteiger partial charge on any atom is 0.328 e. The predicted octanol–water partition coefficient (Wildman–Crippen LogP) is 11.4. The number of rotatable bonds is 6. The van der Waals surface area contributed by atoms with Crippen molar-refractivity contribution in [3.05, 3.63) is 186 Å². The number of fused-ring (bicyclic) bond motifs is 3. The van der Waals surface area contributed by atoms with Crippen LogP contribution in [0.1, 0.15) is 0 Å². The fourth-order valence-electron chi connectivity index (χ4n) is 8.07. The van der Waals surface area contributed by atoms with E-state index in [1.54, 1.807) is 9.13 Å². The highest BCUT2D eigenvalue weighted by atomic mass is 16.1. The summed E-state index contributed by atoms with van der Waals surface area (Å²) < 4.78 is 3.42. The van der Waals surface area contributed by atoms with Crippen LogP contribution in [-0.2, 0) is 14.1 Å². The molecule has 2 heterocycles. The Bertz CT molecular complexity index is 3110. The van der Waals surface area contributed by atoms with Crippen LogP contribution in [0.15, 0.2) is 181 Å². The molecule has 0 aliphatic carbocycles. The molecule has 2 aromatic heterocycles. The summed E-state index contributed by atoms with van der Waals surface area (Å²) in [5.41, 5.74) is 11.1. The van der Waals surface area contributed by atoms with E-state index in [2.05, 4.69) is 140 Å². The van der Waals surface area contributed by atoms with Crippen molar-refractivity contribution in [1.29, 1.82) is 0 Å². The average molecular weight is 722 g/mol. The predicted molar refractivity (Wildman–Crippen MR) is 229 cm³/mol. The lowest BCUT2D eigenvalue weighted by Crippen LogP contribution is -2.19. The van der Waals surface area contributed by atoms with Gasteiger partial charge >= 0.3 is 5.69 Å². The van der Waals surface area contributed by atoms with E-state index in [4.69, 9.17) is 15.0 Å². The molecular formula is C50H35N5O. The number of benzene rings is 8. The third-order valence-corrected chi connectivity index (χ3v) is 10.8. The highest BCUT2D eigenvalue weighted by Crippen LogP contribution is 2.46. The normalized spacial score (nSPS) is 11.5. The van der Waals surface area contributed by atoms with E-state index >= 15 is 0 Å². The standard InChI is InChI=1S/C50H35N5O/c1-54-43-30-29-36(31-44(43)55(2)50(54)56)45-37-19-9-11-21-39(37)46(40-22-12-10-20-38(40)45)41-23-13-14-24-42(41)49-52-47(34-17-7-4-8-18-34)51-48(53-49)35-27-25-33(26-28-35)32-15-5-3-6-16-32/h3-31H,1-2H3. The van der Waals surface area contributed by atoms with E-state index in [0.717, 1.165) is 82.6 Å². The van der Waals surface area contributed by atoms with Crippen molar-refractivity contribution in [1.82, 2.24) is 24.1 Å². The van der Waals surface area contributed by atoms with Gasteiger partial charge in [0.05, 0.1) is 11.0 Å². The topological polar surface area (TPSA) is 65.6 Å². The molecule has 0 atom stereocenters. The molecule has 266 valence electrons. The van der Waals surface area contributed by atoms with Crippen LogP contribution >= 0.6 is 0 Å². The molecule has 6 heteroatoms. The molecule has 0 fully saturated rings. The van der Waals surface area contributed by atoms with Gasteiger partial charge in [0.1, 0.15) is 0 Å². The van der Waals surface area contributed by atoms with Crippen molar-refractivity contribution >= 4 is 32.6 Å². The van der Waals surface area contributed by atoms with E-state index in [1.165, 1.54) is 0 Å². The van der Waals surface area contributed by atoms with Gasteiger partial charge in [-0.25, -0.2) is 19.7 Å². The first-order valence-electron chi connectivity index (χ1n) is 18.7. The zero-order valence-corrected chi connectivity index (χ0v) is 30.9. The summed E-state index contributed by atoms with van der Waals surface area (Å²) in [5.74, 6) is 1.83. The summed E-state index contributed by atoms with van der Waals surface area (Å²) in [6, 6.07) is 60.9. The Morgan fingerprint density at radius 1 is 0.357 bits per heavy atom. The molecular weight excluding hydrogens is 687 g/mol. The molecule has 0 saturated carbocycles. The van der Waals surface area contributed by atoms with E-state index in [9.17, 15) is 4.79 Å². The molecule has 10 rings (SSSR count). The molecule has 0 N–H and O–H groups in total. The third kappa shape index (κ3) is 5.50. The number of aryl methyl sites for hydroxylation is 2. The molecule has 0 saturated heterocycles. The smallest absolute Gasteiger partial charge is 0.295 e. The fraction of sp³-hybridized carbons (Fsp3) is 0.0400. The highest BCUT2D eigenvalue weighted by molar-refractivity contribution is 6.22. The average Bonchev–Trinajstić information content (AvgIpc) is 3.48. The summed E-state index contributed by atoms with van der Waals surface area (Å²) in [5, 5.41) is 4.47. The van der Waals surface area contributed by atoms with Crippen LogP contribution in [0.5, 0.6) is 0 Å². The van der Waals surface area contributed by atoms with Crippen LogP contribution in [0.2, 0.25) is 0 Å². The van der Waals surface area contributed by atoms with Gasteiger partial charge in [0.25, 0.3) is 0 Å². The molecule has 0 radical (unpaired) electrons. The summed E-state index contributed by atoms with van der Waals surface area (Å²) in [4.78, 5) is 28.3. The van der Waals surface area contributed by atoms with Crippen molar-refractivity contribution in [3.63, 3.8) is 0 Å². The lowest BCUT2D eigenvalue weighted by Gasteiger charge is -2.19. The largest absolute Gasteiger partial charge is 0.328 e. The van der Waals surface area contributed by atoms with Crippen molar-refractivity contribution in [2.24, 2.45) is 14.1 Å². The molecule has 10 aromatic rings. The second-order valence-electron chi connectivity index (χ2n) is 14.1. The number of aromatic nitrogens is 5. The first-order valence-corrected chi connectivity index (χ1v) is 18.7. The Balaban J connectivity index is 1.20. The first kappa shape index (κ1) is 33.2. The second kappa shape index (κ2) is 13.4. The molecule has 6 nitrogen and oxygen atoms in total. The van der Waals surface area contributed by atoms with Crippen LogP contribution in [0.3, 0.4) is 0 Å². The minimum absolute atomic E-state index is 0.0417. The third-order valence-electron chi connectivity index (χ3n) is 10.8. The van der Waals surface area contributed by atoms with E-state index in [1.807, 2.05) is 50.5 Å². The number of hydrogen-bond acceptors (Lipinski definition) is 4. The molecule has 0 amide bonds. The van der Waals surface area contributed by atoms with Crippen LogP contribution in [0.25, 0.3) is 100 Å². The van der Waals surface area contributed by atoms with E-state index in [-0.39, 0.29) is 5.69 Å². The van der Waals surface area contributed by atoms with Crippen LogP contribution < -0.4 is 5.69 Å². The lowest BCUT2D eigenvalue weighted by atomic mass is 9.84. The number of imidazole rings is 1. The lowest BCUT2D eigenvalue weighted by molar-refractivity contribution is 0.795. The second-order valence-corrected chi connectivity index (χ2v) is 14.1. The maximum absolute atomic E-state index is 12.9. The van der Waals surface area contributed by atoms with Gasteiger partial charge in [-0.3, -0.25) is 9.13 Å². The van der Waals surface area contributed by atoms with Crippen molar-refractivity contribution < 1.29 is 0 Å². The quantitative estimate of drug-likeness (QED) is 0.160. The SMILES string of the molecule is Cn1c(=O)n(C)c2cc(-c3c4ccccc4c(-c4ccccc4-c4nc(-c5ccccc5)nc(-c5ccc(-c6ccccc6)cc5)n4)c4ccccc34)ccc21. The highest BCUT2D eigenvalue weighted by Gasteiger charge is 2.22. The van der Waals surface area contributed by atoms with Gasteiger partial charge in [0, 0.05) is 30.8 Å². The molecule has 0 aliphatic heterocycles. The van der Waals surface area contributed by atoms with Gasteiger partial charge < -0.3 is 0 Å². The summed E-state index contributed by atoms with van der Waals surface area (Å²) >= 11 is 0. The van der Waals surface area contributed by atoms with Gasteiger partial charge in [-0.05, 0) is 67.1 Å². The maximum atomic E-state index is 12.9. The van der Waals surface area contributed by atoms with Gasteiger partial charge in [-0.15, -0.1) is 0 Å². The van der Waals surface area contributed by atoms with Crippen LogP contribution in [-0.4, -0.2) is 24.1 Å². The Hall–Kier alpha value is -7.44. The molecule has 0 aliphatic rings. The summed E-state index contributed by atoms with van der Waals surface area (Å²) in [6.07, 6.45) is 0. The molecule has 0 bridgehead atoms. The van der Waals surface area contributed by atoms with Crippen LogP contribution in [0.4, 0.5) is 0 Å². The van der Waals surface area contributed by atoms with Crippen molar-refractivity contribution in [2.45, 2.75) is 0 Å². The van der Waals surface area contributed by atoms with E-state index < -0.39 is 0 Å². The van der Waals surface area contributed by atoms with Gasteiger partial charge in [-0.2, -0.15) is 0 Å². The summed E-state index contributed by atoms with van der Waals surface area (Å²) in [6.45, 7) is 0. The van der Waals surface area contributed by atoms with Gasteiger partial charge in [-0.1, -0.05) is 164 Å². The van der Waals surface area contributed by atoms with Crippen molar-refractivity contribution in [3.8, 4) is 67.5 Å². The van der Waals surface area contributed by atoms with Gasteiger partial charge in [0.15, 0.2) is 17.5 Å². The minimum atomic E-state index is -0.0417. The molecule has 0 unspecified atom stereocenters. The zero-order chi connectivity index (χ0) is 37.8. The van der Waals surface area contributed by atoms with Crippen LogP contribution in [0, 0.1) is 0 Å². The molecule has 0 spiro atoms. The fourth-order valence-corrected chi connectivity index (χ4v) is 8.07. The minimum Gasteiger partial charge on any atom is -0.295 e. The Morgan fingerprint density at radius 2 is 0.768 bits per heavy atom.